The van der Waals surface area contributed by atoms with E-state index in [1.54, 1.807) is 0 Å². The number of rotatable bonds is 4. The van der Waals surface area contributed by atoms with Crippen LogP contribution in [0, 0.1) is 52.8 Å². The van der Waals surface area contributed by atoms with Gasteiger partial charge in [-0.3, -0.25) is 4.79 Å². The van der Waals surface area contributed by atoms with Crippen molar-refractivity contribution in [2.24, 2.45) is 52.8 Å². The Morgan fingerprint density at radius 2 is 1.21 bits per heavy atom. The van der Waals surface area contributed by atoms with E-state index in [4.69, 9.17) is 43.2 Å². The summed E-state index contributed by atoms with van der Waals surface area (Å²) < 4.78 is 34.0. The summed E-state index contributed by atoms with van der Waals surface area (Å²) in [4.78, 5) is 38.6. The fourth-order valence-electron chi connectivity index (χ4n) is 11.4. The van der Waals surface area contributed by atoms with Gasteiger partial charge in [-0.25, -0.2) is 19.6 Å². The fourth-order valence-corrected chi connectivity index (χ4v) is 11.4. The van der Waals surface area contributed by atoms with Crippen LogP contribution in [-0.2, 0) is 48.0 Å². The Balaban J connectivity index is 1.13. The molecular weight excluding hydrogens is 604 g/mol. The molecule has 3 unspecified atom stereocenters. The van der Waals surface area contributed by atoms with Gasteiger partial charge < -0.3 is 23.7 Å². The molecule has 0 amide bonds. The molecule has 8 aliphatic heterocycles. The summed E-state index contributed by atoms with van der Waals surface area (Å²) in [5.74, 6) is 0.0128. The maximum absolute atomic E-state index is 13.7. The molecule has 10 nitrogen and oxygen atoms in total. The second-order valence-electron chi connectivity index (χ2n) is 18.2. The molecule has 10 rings (SSSR count). The highest BCUT2D eigenvalue weighted by molar-refractivity contribution is 5.75. The normalized spacial score (nSPS) is 55.7. The van der Waals surface area contributed by atoms with Crippen molar-refractivity contribution in [3.8, 4) is 0 Å². The predicted molar refractivity (Wildman–Crippen MR) is 168 cm³/mol. The van der Waals surface area contributed by atoms with Gasteiger partial charge in [0.05, 0.1) is 11.5 Å². The minimum atomic E-state index is -0.876. The summed E-state index contributed by atoms with van der Waals surface area (Å²) in [7, 11) is 0. The van der Waals surface area contributed by atoms with Crippen molar-refractivity contribution in [3.63, 3.8) is 0 Å². The van der Waals surface area contributed by atoms with E-state index in [0.717, 1.165) is 51.4 Å². The third-order valence-electron chi connectivity index (χ3n) is 14.2. The van der Waals surface area contributed by atoms with Crippen LogP contribution in [0.5, 0.6) is 0 Å². The first kappa shape index (κ1) is 33.3. The number of hydrogen-bond donors (Lipinski definition) is 0. The standard InChI is InChI=1S/C37H58O10/c1-19-10-12-25-21(3)27(40-31-36(25)23(19)14-16-34(8,42-31)44-46-36)18-28(39-30(38)33(5,6)7)29-22(4)26-13-11-20(2)24-15-17-35(9)43-32(41-29)37(24,26)47-45-35/h19-29,31-32H,10-18H2,1-9H3/t19-,20-,21-,22-,23+,24+,25+,26+,27-,28+,29?,31-,32-,34+,35+,36?,37?/m1/s1. The molecule has 2 saturated carbocycles. The van der Waals surface area contributed by atoms with Gasteiger partial charge in [-0.1, -0.05) is 27.7 Å². The lowest BCUT2D eigenvalue weighted by Gasteiger charge is -2.62. The van der Waals surface area contributed by atoms with Crippen molar-refractivity contribution in [1.82, 2.24) is 0 Å². The zero-order chi connectivity index (χ0) is 33.3. The topological polar surface area (TPSA) is 100 Å². The van der Waals surface area contributed by atoms with Crippen LogP contribution >= 0.6 is 0 Å². The van der Waals surface area contributed by atoms with Gasteiger partial charge in [0.25, 0.3) is 0 Å². The Kier molecular flexibility index (Phi) is 7.85. The minimum Gasteiger partial charge on any atom is -0.459 e. The summed E-state index contributed by atoms with van der Waals surface area (Å²) >= 11 is 0. The molecular formula is C37H58O10. The maximum Gasteiger partial charge on any atom is 0.311 e. The summed E-state index contributed by atoms with van der Waals surface area (Å²) in [6.07, 6.45) is 5.83. The Morgan fingerprint density at radius 3 is 1.74 bits per heavy atom. The van der Waals surface area contributed by atoms with Crippen molar-refractivity contribution in [2.45, 2.75) is 174 Å². The van der Waals surface area contributed by atoms with Crippen LogP contribution in [-0.4, -0.2) is 59.6 Å². The SMILES string of the molecule is C[C@H]1[C@@H](C[C@H](OC(=O)C(C)(C)C)C2O[C@@H]3O[C@]4(C)CC[C@H]5[C@H](C)CC[C@@H]([C@H]2C)C35OO4)O[C@@H]2O[C@]3(C)CC[C@H]4[C@H](C)CC[C@@H]1C24OO3. The van der Waals surface area contributed by atoms with Crippen LogP contribution in [0.15, 0.2) is 0 Å². The van der Waals surface area contributed by atoms with E-state index in [1.807, 2.05) is 34.6 Å². The summed E-state index contributed by atoms with van der Waals surface area (Å²) in [5, 5.41) is 0. The van der Waals surface area contributed by atoms with Crippen molar-refractivity contribution >= 4 is 5.97 Å². The second kappa shape index (κ2) is 11.1. The zero-order valence-corrected chi connectivity index (χ0v) is 30.0. The smallest absolute Gasteiger partial charge is 0.311 e. The Bertz CT molecular complexity index is 1240. The number of carbonyl (C=O) groups is 1. The average molecular weight is 663 g/mol. The molecule has 8 saturated heterocycles. The molecule has 2 spiro atoms. The molecule has 0 aromatic rings. The quantitative estimate of drug-likeness (QED) is 0.235. The molecule has 2 aliphatic carbocycles. The first-order chi connectivity index (χ1) is 22.1. The van der Waals surface area contributed by atoms with Crippen molar-refractivity contribution in [3.05, 3.63) is 0 Å². The molecule has 10 heteroatoms. The first-order valence-electron chi connectivity index (χ1n) is 18.7. The molecule has 0 aromatic carbocycles. The Labute approximate surface area is 280 Å². The van der Waals surface area contributed by atoms with E-state index in [2.05, 4.69) is 27.7 Å². The summed E-state index contributed by atoms with van der Waals surface area (Å²) in [6, 6.07) is 0. The molecule has 0 aromatic heterocycles. The second-order valence-corrected chi connectivity index (χ2v) is 18.2. The molecule has 0 N–H and O–H groups in total. The van der Waals surface area contributed by atoms with E-state index in [1.165, 1.54) is 0 Å². The molecule has 8 heterocycles. The van der Waals surface area contributed by atoms with Gasteiger partial charge in [-0.2, -0.15) is 0 Å². The van der Waals surface area contributed by atoms with Crippen molar-refractivity contribution in [1.29, 1.82) is 0 Å². The van der Waals surface area contributed by atoms with Gasteiger partial charge in [0, 0.05) is 31.1 Å². The van der Waals surface area contributed by atoms with Gasteiger partial charge in [0.1, 0.15) is 12.2 Å². The van der Waals surface area contributed by atoms with Gasteiger partial charge in [0.15, 0.2) is 23.8 Å². The lowest BCUT2D eigenvalue weighted by Crippen LogP contribution is -2.72. The average Bonchev–Trinajstić information content (AvgIpc) is 3.38. The lowest BCUT2D eigenvalue weighted by atomic mass is 9.56. The van der Waals surface area contributed by atoms with Crippen LogP contribution in [0.3, 0.4) is 0 Å². The van der Waals surface area contributed by atoms with Gasteiger partial charge in [-0.15, -0.1) is 0 Å². The van der Waals surface area contributed by atoms with E-state index < -0.39 is 53.0 Å². The maximum atomic E-state index is 13.7. The van der Waals surface area contributed by atoms with Crippen LogP contribution in [0.4, 0.5) is 0 Å². The van der Waals surface area contributed by atoms with Crippen molar-refractivity contribution in [2.75, 3.05) is 0 Å². The van der Waals surface area contributed by atoms with E-state index >= 15 is 0 Å². The minimum absolute atomic E-state index is 0.0274. The van der Waals surface area contributed by atoms with E-state index in [-0.39, 0.29) is 41.7 Å². The number of ether oxygens (including phenoxy) is 5. The highest BCUT2D eigenvalue weighted by atomic mass is 17.3. The highest BCUT2D eigenvalue weighted by Crippen LogP contribution is 2.63. The zero-order valence-electron chi connectivity index (χ0n) is 30.0. The number of fused-ring (bicyclic) bond motifs is 4. The van der Waals surface area contributed by atoms with Crippen LogP contribution in [0.25, 0.3) is 0 Å². The lowest BCUT2D eigenvalue weighted by molar-refractivity contribution is -0.573. The van der Waals surface area contributed by atoms with Crippen molar-refractivity contribution < 1.29 is 48.0 Å². The third-order valence-corrected chi connectivity index (χ3v) is 14.2. The first-order valence-corrected chi connectivity index (χ1v) is 18.7. The summed E-state index contributed by atoms with van der Waals surface area (Å²) in [6.45, 7) is 18.8. The Hall–Kier alpha value is -0.850. The fraction of sp³-hybridized carbons (Fsp3) is 0.973. The molecule has 0 radical (unpaired) electrons. The van der Waals surface area contributed by atoms with Crippen LogP contribution in [0.2, 0.25) is 0 Å². The molecule has 17 atom stereocenters. The summed E-state index contributed by atoms with van der Waals surface area (Å²) in [5.41, 5.74) is -2.00. The largest absolute Gasteiger partial charge is 0.459 e. The number of hydrogen-bond acceptors (Lipinski definition) is 10. The molecule has 10 fully saturated rings. The monoisotopic (exact) mass is 662 g/mol. The highest BCUT2D eigenvalue weighted by Gasteiger charge is 2.72. The Morgan fingerprint density at radius 1 is 0.702 bits per heavy atom. The van der Waals surface area contributed by atoms with Gasteiger partial charge >= 0.3 is 5.97 Å². The predicted octanol–water partition coefficient (Wildman–Crippen LogP) is 6.84. The van der Waals surface area contributed by atoms with Gasteiger partial charge in [0.2, 0.25) is 11.6 Å². The number of carbonyl (C=O) groups excluding carboxylic acids is 1. The molecule has 47 heavy (non-hydrogen) atoms. The van der Waals surface area contributed by atoms with Gasteiger partial charge in [-0.05, 0) is 109 Å². The molecule has 4 bridgehead atoms. The third kappa shape index (κ3) is 4.89. The number of esters is 1. The molecule has 266 valence electrons. The van der Waals surface area contributed by atoms with Crippen LogP contribution in [0.1, 0.15) is 120 Å². The van der Waals surface area contributed by atoms with E-state index in [9.17, 15) is 4.79 Å². The molecule has 10 aliphatic rings. The van der Waals surface area contributed by atoms with E-state index in [0.29, 0.717) is 24.2 Å². The van der Waals surface area contributed by atoms with Crippen LogP contribution < -0.4 is 0 Å².